The molecule has 0 radical (unpaired) electrons. The van der Waals surface area contributed by atoms with Crippen LogP contribution >= 0.6 is 11.6 Å². The van der Waals surface area contributed by atoms with E-state index in [0.717, 1.165) is 5.56 Å². The van der Waals surface area contributed by atoms with Gasteiger partial charge in [-0.1, -0.05) is 41.9 Å². The Balaban J connectivity index is 1.46. The number of rotatable bonds is 8. The molecule has 6 nitrogen and oxygen atoms in total. The molecule has 0 saturated carbocycles. The highest BCUT2D eigenvalue weighted by molar-refractivity contribution is 6.32. The molecule has 1 aromatic heterocycles. The van der Waals surface area contributed by atoms with Crippen molar-refractivity contribution in [3.8, 4) is 5.75 Å². The Morgan fingerprint density at radius 1 is 1.06 bits per heavy atom. The van der Waals surface area contributed by atoms with Gasteiger partial charge in [0.2, 0.25) is 5.91 Å². The maximum Gasteiger partial charge on any atom is 0.256 e. The third-order valence-electron chi connectivity index (χ3n) is 6.67. The summed E-state index contributed by atoms with van der Waals surface area (Å²) in [5.74, 6) is 0.0440. The Hall–Kier alpha value is -3.45. The Kier molecular flexibility index (Phi) is 8.21. The van der Waals surface area contributed by atoms with Gasteiger partial charge < -0.3 is 14.5 Å². The number of carbonyl (C=O) groups is 2. The second kappa shape index (κ2) is 11.5. The topological polar surface area (TPSA) is 62.7 Å². The van der Waals surface area contributed by atoms with E-state index in [-0.39, 0.29) is 29.2 Å². The van der Waals surface area contributed by atoms with E-state index in [1.54, 1.807) is 47.3 Å². The molecule has 4 rings (SSSR count). The number of ether oxygens (including phenoxy) is 1. The molecule has 3 aromatic rings. The van der Waals surface area contributed by atoms with Crippen LogP contribution in [0.3, 0.4) is 0 Å². The highest BCUT2D eigenvalue weighted by Gasteiger charge is 2.39. The lowest BCUT2D eigenvalue weighted by Crippen LogP contribution is -2.47. The standard InChI is InChI=1S/C28H29ClFN3O3/c1-32(19-21-6-3-2-4-7-21)25(34)18-28(20-36-23-11-9-22(30)10-12-23)13-16-33(17-14-28)27(35)24-8-5-15-31-26(24)29/h2-12,15H,13-14,16-20H2,1H3. The number of piperidine rings is 1. The molecule has 2 heterocycles. The third kappa shape index (κ3) is 6.40. The van der Waals surface area contributed by atoms with Gasteiger partial charge in [-0.2, -0.15) is 0 Å². The maximum absolute atomic E-state index is 13.3. The Bertz CT molecular complexity index is 1180. The molecule has 0 aliphatic carbocycles. The number of pyridine rings is 1. The van der Waals surface area contributed by atoms with Gasteiger partial charge in [0.1, 0.15) is 16.7 Å². The van der Waals surface area contributed by atoms with Crippen LogP contribution < -0.4 is 4.74 Å². The first-order valence-electron chi connectivity index (χ1n) is 11.9. The van der Waals surface area contributed by atoms with Crippen molar-refractivity contribution in [3.63, 3.8) is 0 Å². The number of benzene rings is 2. The SMILES string of the molecule is CN(Cc1ccccc1)C(=O)CC1(COc2ccc(F)cc2)CCN(C(=O)c2cccnc2Cl)CC1. The molecule has 0 atom stereocenters. The summed E-state index contributed by atoms with van der Waals surface area (Å²) in [5, 5.41) is 0.177. The molecular weight excluding hydrogens is 481 g/mol. The quantitative estimate of drug-likeness (QED) is 0.390. The Morgan fingerprint density at radius 3 is 2.42 bits per heavy atom. The average molecular weight is 510 g/mol. The predicted molar refractivity (Wildman–Crippen MR) is 136 cm³/mol. The van der Waals surface area contributed by atoms with Crippen LogP contribution in [0.5, 0.6) is 5.75 Å². The van der Waals surface area contributed by atoms with E-state index in [0.29, 0.717) is 50.4 Å². The predicted octanol–water partition coefficient (Wildman–Crippen LogP) is 5.22. The third-order valence-corrected chi connectivity index (χ3v) is 6.98. The molecule has 0 spiro atoms. The molecule has 2 aromatic carbocycles. The van der Waals surface area contributed by atoms with Crippen molar-refractivity contribution in [1.82, 2.24) is 14.8 Å². The summed E-state index contributed by atoms with van der Waals surface area (Å²) in [7, 11) is 1.80. The van der Waals surface area contributed by atoms with Crippen molar-refractivity contribution in [2.45, 2.75) is 25.8 Å². The van der Waals surface area contributed by atoms with Crippen LogP contribution in [-0.4, -0.2) is 53.3 Å². The molecule has 0 bridgehead atoms. The van der Waals surface area contributed by atoms with E-state index in [1.165, 1.54) is 12.1 Å². The van der Waals surface area contributed by atoms with Crippen LogP contribution in [0.2, 0.25) is 5.15 Å². The fourth-order valence-corrected chi connectivity index (χ4v) is 4.64. The second-order valence-electron chi connectivity index (χ2n) is 9.29. The first-order chi connectivity index (χ1) is 17.3. The number of hydrogen-bond donors (Lipinski definition) is 0. The van der Waals surface area contributed by atoms with Gasteiger partial charge in [-0.3, -0.25) is 9.59 Å². The average Bonchev–Trinajstić information content (AvgIpc) is 2.89. The van der Waals surface area contributed by atoms with Crippen molar-refractivity contribution < 1.29 is 18.7 Å². The summed E-state index contributed by atoms with van der Waals surface area (Å²) >= 11 is 6.14. The Labute approximate surface area is 215 Å². The number of carbonyl (C=O) groups excluding carboxylic acids is 2. The number of hydrogen-bond acceptors (Lipinski definition) is 4. The van der Waals surface area contributed by atoms with Crippen LogP contribution in [0.4, 0.5) is 4.39 Å². The van der Waals surface area contributed by atoms with Gasteiger partial charge in [0.25, 0.3) is 5.91 Å². The van der Waals surface area contributed by atoms with Crippen LogP contribution in [0, 0.1) is 11.2 Å². The fourth-order valence-electron chi connectivity index (χ4n) is 4.44. The summed E-state index contributed by atoms with van der Waals surface area (Å²) in [6.45, 7) is 1.73. The summed E-state index contributed by atoms with van der Waals surface area (Å²) in [5.41, 5.74) is 0.956. The zero-order valence-corrected chi connectivity index (χ0v) is 21.0. The van der Waals surface area contributed by atoms with Crippen molar-refractivity contribution in [3.05, 3.63) is 95.0 Å². The molecule has 1 aliphatic rings. The fraction of sp³-hybridized carbons (Fsp3) is 0.321. The van der Waals surface area contributed by atoms with Crippen LogP contribution in [0.15, 0.2) is 72.9 Å². The number of aromatic nitrogens is 1. The zero-order valence-electron chi connectivity index (χ0n) is 20.2. The summed E-state index contributed by atoms with van der Waals surface area (Å²) < 4.78 is 19.4. The van der Waals surface area contributed by atoms with E-state index < -0.39 is 5.41 Å². The monoisotopic (exact) mass is 509 g/mol. The molecule has 2 amide bonds. The number of halogens is 2. The largest absolute Gasteiger partial charge is 0.493 e. The first-order valence-corrected chi connectivity index (χ1v) is 12.3. The van der Waals surface area contributed by atoms with Crippen LogP contribution in [0.25, 0.3) is 0 Å². The van der Waals surface area contributed by atoms with E-state index >= 15 is 0 Å². The second-order valence-corrected chi connectivity index (χ2v) is 9.65. The number of likely N-dealkylation sites (tertiary alicyclic amines) is 1. The highest BCUT2D eigenvalue weighted by atomic mass is 35.5. The molecule has 8 heteroatoms. The zero-order chi connectivity index (χ0) is 25.5. The lowest BCUT2D eigenvalue weighted by atomic mass is 9.75. The lowest BCUT2D eigenvalue weighted by molar-refractivity contribution is -0.134. The minimum atomic E-state index is -0.466. The number of amides is 2. The van der Waals surface area contributed by atoms with E-state index in [2.05, 4.69) is 4.98 Å². The summed E-state index contributed by atoms with van der Waals surface area (Å²) in [4.78, 5) is 33.8. The van der Waals surface area contributed by atoms with E-state index in [4.69, 9.17) is 16.3 Å². The highest BCUT2D eigenvalue weighted by Crippen LogP contribution is 2.37. The molecule has 0 unspecified atom stereocenters. The molecule has 0 N–H and O–H groups in total. The van der Waals surface area contributed by atoms with E-state index in [1.807, 2.05) is 30.3 Å². The summed E-state index contributed by atoms with van der Waals surface area (Å²) in [6.07, 6.45) is 3.00. The molecule has 36 heavy (non-hydrogen) atoms. The van der Waals surface area contributed by atoms with Gasteiger partial charge in [0.05, 0.1) is 12.2 Å². The summed E-state index contributed by atoms with van der Waals surface area (Å²) in [6, 6.07) is 19.0. The van der Waals surface area contributed by atoms with Crippen LogP contribution in [-0.2, 0) is 11.3 Å². The van der Waals surface area contributed by atoms with Gasteiger partial charge in [0.15, 0.2) is 0 Å². The van der Waals surface area contributed by atoms with Crippen molar-refractivity contribution in [2.75, 3.05) is 26.7 Å². The molecule has 1 saturated heterocycles. The molecule has 1 aliphatic heterocycles. The van der Waals surface area contributed by atoms with E-state index in [9.17, 15) is 14.0 Å². The Morgan fingerprint density at radius 2 is 1.75 bits per heavy atom. The molecule has 1 fully saturated rings. The van der Waals surface area contributed by atoms with Gasteiger partial charge in [-0.05, 0) is 54.8 Å². The number of nitrogens with zero attached hydrogens (tertiary/aromatic N) is 3. The van der Waals surface area contributed by atoms with Gasteiger partial charge in [-0.15, -0.1) is 0 Å². The maximum atomic E-state index is 13.3. The van der Waals surface area contributed by atoms with Gasteiger partial charge in [-0.25, -0.2) is 9.37 Å². The minimum Gasteiger partial charge on any atom is -0.493 e. The van der Waals surface area contributed by atoms with Crippen molar-refractivity contribution >= 4 is 23.4 Å². The normalized spacial score (nSPS) is 14.8. The van der Waals surface area contributed by atoms with Crippen molar-refractivity contribution in [1.29, 1.82) is 0 Å². The van der Waals surface area contributed by atoms with Crippen LogP contribution in [0.1, 0.15) is 35.2 Å². The lowest BCUT2D eigenvalue weighted by Gasteiger charge is -2.42. The molecular formula is C28H29ClFN3O3. The van der Waals surface area contributed by atoms with Crippen molar-refractivity contribution in [2.24, 2.45) is 5.41 Å². The first kappa shape index (κ1) is 25.6. The van der Waals surface area contributed by atoms with Gasteiger partial charge >= 0.3 is 0 Å². The molecule has 188 valence electrons. The smallest absolute Gasteiger partial charge is 0.256 e. The minimum absolute atomic E-state index is 0.0108. The van der Waals surface area contributed by atoms with Gasteiger partial charge in [0, 0.05) is 44.7 Å².